The summed E-state index contributed by atoms with van der Waals surface area (Å²) in [4.78, 5) is 74.4. The maximum atomic E-state index is 15.3. The van der Waals surface area contributed by atoms with Crippen LogP contribution in [0.4, 0.5) is 22.0 Å². The van der Waals surface area contributed by atoms with E-state index >= 15 is 4.39 Å². The van der Waals surface area contributed by atoms with Crippen molar-refractivity contribution >= 4 is 55.2 Å². The number of hydrogen-bond donors (Lipinski definition) is 3. The van der Waals surface area contributed by atoms with Gasteiger partial charge < -0.3 is 49.1 Å². The number of ether oxygens (including phenoxy) is 5. The van der Waals surface area contributed by atoms with Crippen molar-refractivity contribution in [1.82, 2.24) is 9.47 Å². The molecule has 1 amide bonds. The molecule has 432 valence electrons. The molecule has 1 aromatic heterocycles. The molecule has 0 spiro atoms. The number of amides is 1. The highest BCUT2D eigenvalue weighted by atomic mass is 32.2. The van der Waals surface area contributed by atoms with Crippen molar-refractivity contribution in [3.63, 3.8) is 0 Å². The van der Waals surface area contributed by atoms with E-state index in [4.69, 9.17) is 39.3 Å². The molecule has 2 atom stereocenters. The van der Waals surface area contributed by atoms with E-state index in [1.54, 1.807) is 17.2 Å². The summed E-state index contributed by atoms with van der Waals surface area (Å²) in [7, 11) is -1.40. The summed E-state index contributed by atoms with van der Waals surface area (Å²) in [5.41, 5.74) is 6.85. The molecule has 0 saturated carbocycles. The minimum atomic E-state index is -5.08. The lowest BCUT2D eigenvalue weighted by atomic mass is 9.83. The van der Waals surface area contributed by atoms with Gasteiger partial charge in [-0.2, -0.15) is 24.9 Å². The zero-order valence-corrected chi connectivity index (χ0v) is 47.0. The highest BCUT2D eigenvalue weighted by molar-refractivity contribution is 7.99. The van der Waals surface area contributed by atoms with Crippen molar-refractivity contribution in [3.05, 3.63) is 83.7 Å². The number of carboxylic acids is 2. The third-order valence-corrected chi connectivity index (χ3v) is 14.3. The van der Waals surface area contributed by atoms with Gasteiger partial charge in [0, 0.05) is 82.2 Å². The van der Waals surface area contributed by atoms with Crippen LogP contribution in [0.3, 0.4) is 0 Å². The van der Waals surface area contributed by atoms with E-state index in [0.29, 0.717) is 83.1 Å². The Labute approximate surface area is 453 Å². The molecule has 3 aromatic rings. The normalized spacial score (nSPS) is 12.6. The number of rotatable bonds is 37. The number of carboxylic acid groups (broad SMARTS) is 2. The smallest absolute Gasteiger partial charge is 0.481 e. The monoisotopic (exact) mass is 1130 g/mol. The van der Waals surface area contributed by atoms with Crippen molar-refractivity contribution in [1.29, 1.82) is 0 Å². The van der Waals surface area contributed by atoms with Gasteiger partial charge in [-0.1, -0.05) is 70.7 Å². The Morgan fingerprint density at radius 3 is 1.91 bits per heavy atom. The van der Waals surface area contributed by atoms with Gasteiger partial charge in [-0.25, -0.2) is 13.6 Å². The van der Waals surface area contributed by atoms with Crippen LogP contribution in [0.1, 0.15) is 83.0 Å². The third-order valence-electron chi connectivity index (χ3n) is 11.5. The van der Waals surface area contributed by atoms with Gasteiger partial charge in [-0.3, -0.25) is 24.0 Å². The van der Waals surface area contributed by atoms with E-state index in [1.165, 1.54) is 0 Å². The zero-order chi connectivity index (χ0) is 57.6. The standard InChI is InChI=1S/C52H77F2N3O11SSi.C2HF3O2/c1-52(2,3)50(47-32-40(45-33-42(53)17-18-46(45)54)36-56(47)35-39-13-8-7-9-14-39)57(20-11-10-16-49(61)68-29-30-70(4,5)6)48(60)38-69-37-41(51(62)63)31-43(58)19-22-65-24-26-67-28-27-66-25-23-64-21-12-15-44(59)34-55;3-2(4,5)1(6)7/h7-9,13-14,17-18,32-33,36,41,50H,10-12,15-16,19-31,34-35,37-38,55H2,1-6H3,(H,62,63);(H,6,7)/t41-,50-;/m0./s1. The van der Waals surface area contributed by atoms with Gasteiger partial charge in [0.15, 0.2) is 0 Å². The Morgan fingerprint density at radius 1 is 0.753 bits per heavy atom. The lowest BCUT2D eigenvalue weighted by molar-refractivity contribution is -0.192. The summed E-state index contributed by atoms with van der Waals surface area (Å²) in [5.74, 6) is -7.04. The van der Waals surface area contributed by atoms with Crippen LogP contribution in [-0.2, 0) is 59.0 Å². The van der Waals surface area contributed by atoms with Crippen molar-refractivity contribution in [3.8, 4) is 11.1 Å². The molecule has 0 fully saturated rings. The van der Waals surface area contributed by atoms with Gasteiger partial charge in [-0.05, 0) is 60.6 Å². The van der Waals surface area contributed by atoms with Crippen molar-refractivity contribution < 1.29 is 84.6 Å². The summed E-state index contributed by atoms with van der Waals surface area (Å²) < 4.78 is 91.0. The van der Waals surface area contributed by atoms with Crippen molar-refractivity contribution in [2.24, 2.45) is 17.1 Å². The number of alkyl halides is 3. The summed E-state index contributed by atoms with van der Waals surface area (Å²) in [6, 6.07) is 15.0. The average Bonchev–Trinajstić information content (AvgIpc) is 3.75. The Hall–Kier alpha value is -5.04. The number of aliphatic carboxylic acids is 2. The number of benzene rings is 2. The molecule has 1 heterocycles. The summed E-state index contributed by atoms with van der Waals surface area (Å²) in [6.07, 6.45) is -1.38. The molecule has 16 nitrogen and oxygen atoms in total. The second-order valence-electron chi connectivity index (χ2n) is 20.4. The van der Waals surface area contributed by atoms with Gasteiger partial charge in [0.2, 0.25) is 5.91 Å². The van der Waals surface area contributed by atoms with Gasteiger partial charge in [0.25, 0.3) is 0 Å². The average molecular weight is 1130 g/mol. The van der Waals surface area contributed by atoms with E-state index in [1.807, 2.05) is 55.7 Å². The molecular weight excluding hydrogens is 1050 g/mol. The highest BCUT2D eigenvalue weighted by Crippen LogP contribution is 2.42. The van der Waals surface area contributed by atoms with E-state index in [-0.39, 0.29) is 92.7 Å². The Bertz CT molecular complexity index is 2280. The molecular formula is C54H78F5N3O13SSi. The molecule has 0 bridgehead atoms. The molecule has 0 aliphatic heterocycles. The topological polar surface area (TPSA) is 223 Å². The number of halogens is 5. The Kier molecular flexibility index (Phi) is 31.3. The lowest BCUT2D eigenvalue weighted by Gasteiger charge is -2.41. The first-order valence-corrected chi connectivity index (χ1v) is 30.4. The number of unbranched alkanes of at least 4 members (excludes halogenated alkanes) is 1. The minimum Gasteiger partial charge on any atom is -0.481 e. The molecule has 4 N–H and O–H groups in total. The quantitative estimate of drug-likeness (QED) is 0.0212. The molecule has 23 heteroatoms. The molecule has 0 radical (unpaired) electrons. The zero-order valence-electron chi connectivity index (χ0n) is 45.1. The number of hydrogen-bond acceptors (Lipinski definition) is 13. The SMILES string of the molecule is CC(C)(C)[C@H](c1cc(-c2cc(F)ccc2F)cn1Cc1ccccc1)N(CCCCC(=O)OCC[Si](C)(C)C)C(=O)CSC[C@H](CC(=O)CCOCCOCCOCCOCCCC(=O)CN)C(=O)O.O=C(O)C(F)(F)F. The number of Topliss-reactive ketones (excluding diaryl/α,β-unsaturated/α-hetero) is 2. The molecule has 0 unspecified atom stereocenters. The fourth-order valence-electron chi connectivity index (χ4n) is 7.49. The van der Waals surface area contributed by atoms with Crippen LogP contribution in [0.15, 0.2) is 60.8 Å². The number of esters is 1. The first kappa shape index (κ1) is 68.1. The summed E-state index contributed by atoms with van der Waals surface area (Å²) in [5, 5.41) is 17.2. The van der Waals surface area contributed by atoms with Gasteiger partial charge in [-0.15, -0.1) is 0 Å². The summed E-state index contributed by atoms with van der Waals surface area (Å²) in [6.45, 7) is 16.3. The Balaban J connectivity index is 0.00000270. The molecule has 77 heavy (non-hydrogen) atoms. The molecule has 0 aliphatic carbocycles. The third kappa shape index (κ3) is 29.0. The van der Waals surface area contributed by atoms with Crippen LogP contribution >= 0.6 is 11.8 Å². The van der Waals surface area contributed by atoms with Crippen LogP contribution in [0.2, 0.25) is 25.7 Å². The first-order valence-electron chi connectivity index (χ1n) is 25.5. The fourth-order valence-corrected chi connectivity index (χ4v) is 9.21. The lowest BCUT2D eigenvalue weighted by Crippen LogP contribution is -2.43. The van der Waals surface area contributed by atoms with E-state index in [0.717, 1.165) is 41.6 Å². The van der Waals surface area contributed by atoms with Crippen LogP contribution in [0.25, 0.3) is 11.1 Å². The number of thioether (sulfide) groups is 1. The van der Waals surface area contributed by atoms with Gasteiger partial charge in [0.1, 0.15) is 23.2 Å². The molecule has 2 aromatic carbocycles. The number of ketones is 2. The summed E-state index contributed by atoms with van der Waals surface area (Å²) >= 11 is 1.14. The van der Waals surface area contributed by atoms with Crippen LogP contribution in [0.5, 0.6) is 0 Å². The number of nitrogens with two attached hydrogens (primary N) is 1. The Morgan fingerprint density at radius 2 is 1.35 bits per heavy atom. The first-order chi connectivity index (χ1) is 36.2. The second-order valence-corrected chi connectivity index (χ2v) is 27.0. The molecule has 0 saturated heterocycles. The van der Waals surface area contributed by atoms with Gasteiger partial charge in [0.05, 0.1) is 77.1 Å². The number of carbonyl (C=O) groups is 6. The predicted octanol–water partition coefficient (Wildman–Crippen LogP) is 9.24. The molecule has 3 rings (SSSR count). The van der Waals surface area contributed by atoms with E-state index in [2.05, 4.69) is 19.6 Å². The number of carbonyl (C=O) groups excluding carboxylic acids is 4. The largest absolute Gasteiger partial charge is 0.490 e. The number of nitrogens with zero attached hydrogens (tertiary/aromatic N) is 2. The highest BCUT2D eigenvalue weighted by Gasteiger charge is 2.39. The van der Waals surface area contributed by atoms with Crippen LogP contribution in [-0.4, -0.2) is 153 Å². The van der Waals surface area contributed by atoms with Crippen LogP contribution < -0.4 is 5.73 Å². The number of aromatic nitrogens is 1. The van der Waals surface area contributed by atoms with Crippen LogP contribution in [0, 0.1) is 23.0 Å². The maximum absolute atomic E-state index is 15.3. The predicted molar refractivity (Wildman–Crippen MR) is 285 cm³/mol. The van der Waals surface area contributed by atoms with E-state index in [9.17, 15) is 46.6 Å². The minimum absolute atomic E-state index is 0.00518. The maximum Gasteiger partial charge on any atom is 0.490 e. The molecule has 0 aliphatic rings. The van der Waals surface area contributed by atoms with Crippen molar-refractivity contribution in [2.75, 3.05) is 84.1 Å². The van der Waals surface area contributed by atoms with Gasteiger partial charge >= 0.3 is 24.1 Å². The fraction of sp³-hybridized carbons (Fsp3) is 0.593. The van der Waals surface area contributed by atoms with E-state index < -0.39 is 55.2 Å². The second kappa shape index (κ2) is 35.5. The van der Waals surface area contributed by atoms with Crippen molar-refractivity contribution in [2.45, 2.75) is 110 Å².